The van der Waals surface area contributed by atoms with Gasteiger partial charge in [0, 0.05) is 37.0 Å². The lowest BCUT2D eigenvalue weighted by Gasteiger charge is -2.44. The molecule has 3 fully saturated rings. The number of anilines is 1. The fourth-order valence-electron chi connectivity index (χ4n) is 5.99. The molecule has 3 aliphatic heterocycles. The van der Waals surface area contributed by atoms with Crippen LogP contribution in [0.3, 0.4) is 0 Å². The molecule has 4 heterocycles. The maximum Gasteiger partial charge on any atom is 0.314 e. The van der Waals surface area contributed by atoms with Gasteiger partial charge in [0.25, 0.3) is 5.91 Å². The number of cyclic esters (lactones) is 1. The second kappa shape index (κ2) is 8.44. The predicted molar refractivity (Wildman–Crippen MR) is 131 cm³/mol. The van der Waals surface area contributed by atoms with Gasteiger partial charge >= 0.3 is 5.97 Å². The summed E-state index contributed by atoms with van der Waals surface area (Å²) >= 11 is 1.47. The van der Waals surface area contributed by atoms with Crippen LogP contribution in [0.25, 0.3) is 10.4 Å². The van der Waals surface area contributed by atoms with Crippen LogP contribution in [-0.4, -0.2) is 59.5 Å². The standard InChI is InChI=1S/C26H33N3O3S/c1-25(2)16-26(24(31)32-25)11-6-12-29(17-26)19-9-13-28(14-10-19)23(30)20-15-21(33-22(20)27)18-7-4-3-5-8-18/h3-5,7-8,15,19H,6,9-14,16-17,27H2,1-2H3. The van der Waals surface area contributed by atoms with Gasteiger partial charge in [0.2, 0.25) is 0 Å². The van der Waals surface area contributed by atoms with E-state index in [1.807, 2.05) is 55.1 Å². The van der Waals surface area contributed by atoms with E-state index < -0.39 is 0 Å². The molecule has 3 aliphatic rings. The van der Waals surface area contributed by atoms with Crippen LogP contribution in [0.15, 0.2) is 36.4 Å². The Bertz CT molecular complexity index is 1040. The number of likely N-dealkylation sites (tertiary alicyclic amines) is 2. The SMILES string of the molecule is CC1(C)CC2(CCCN(C3CCN(C(=O)c4cc(-c5ccccc5)sc4N)CC3)C2)C(=O)O1. The number of benzene rings is 1. The lowest BCUT2D eigenvalue weighted by molar-refractivity contribution is -0.154. The molecule has 3 saturated heterocycles. The van der Waals surface area contributed by atoms with E-state index in [9.17, 15) is 9.59 Å². The minimum atomic E-state index is -0.366. The number of thiophene rings is 1. The van der Waals surface area contributed by atoms with E-state index >= 15 is 0 Å². The number of hydrogen-bond acceptors (Lipinski definition) is 6. The molecule has 33 heavy (non-hydrogen) atoms. The molecule has 1 atom stereocenters. The molecule has 2 N–H and O–H groups in total. The Kier molecular flexibility index (Phi) is 5.73. The van der Waals surface area contributed by atoms with Gasteiger partial charge in [-0.2, -0.15) is 0 Å². The molecule has 1 amide bonds. The highest BCUT2D eigenvalue weighted by molar-refractivity contribution is 7.19. The van der Waals surface area contributed by atoms with Crippen LogP contribution in [0.5, 0.6) is 0 Å². The molecule has 7 heteroatoms. The number of amides is 1. The summed E-state index contributed by atoms with van der Waals surface area (Å²) in [5, 5.41) is 0.585. The summed E-state index contributed by atoms with van der Waals surface area (Å²) in [6.07, 6.45) is 4.60. The van der Waals surface area contributed by atoms with Crippen LogP contribution in [0.4, 0.5) is 5.00 Å². The molecular weight excluding hydrogens is 434 g/mol. The summed E-state index contributed by atoms with van der Waals surface area (Å²) in [5.41, 5.74) is 7.23. The average Bonchev–Trinajstić information content (AvgIpc) is 3.30. The third kappa shape index (κ3) is 4.28. The first-order valence-electron chi connectivity index (χ1n) is 12.0. The second-order valence-electron chi connectivity index (χ2n) is 10.5. The third-order valence-corrected chi connectivity index (χ3v) is 8.50. The predicted octanol–water partition coefficient (Wildman–Crippen LogP) is 4.41. The quantitative estimate of drug-likeness (QED) is 0.677. The molecule has 1 aromatic carbocycles. The van der Waals surface area contributed by atoms with Gasteiger partial charge in [-0.15, -0.1) is 11.3 Å². The first-order valence-corrected chi connectivity index (χ1v) is 12.8. The monoisotopic (exact) mass is 467 g/mol. The van der Waals surface area contributed by atoms with Crippen molar-refractivity contribution < 1.29 is 14.3 Å². The zero-order chi connectivity index (χ0) is 23.2. The summed E-state index contributed by atoms with van der Waals surface area (Å²) in [7, 11) is 0. The van der Waals surface area contributed by atoms with E-state index in [4.69, 9.17) is 10.5 Å². The fraction of sp³-hybridized carbons (Fsp3) is 0.538. The first-order chi connectivity index (χ1) is 15.8. The van der Waals surface area contributed by atoms with Crippen LogP contribution >= 0.6 is 11.3 Å². The van der Waals surface area contributed by atoms with Crippen molar-refractivity contribution in [2.75, 3.05) is 31.9 Å². The third-order valence-electron chi connectivity index (χ3n) is 7.49. The minimum absolute atomic E-state index is 0.0213. The fourth-order valence-corrected chi connectivity index (χ4v) is 6.92. The summed E-state index contributed by atoms with van der Waals surface area (Å²) in [6, 6.07) is 12.4. The van der Waals surface area contributed by atoms with Crippen molar-refractivity contribution in [1.29, 1.82) is 0 Å². The molecule has 0 radical (unpaired) electrons. The topological polar surface area (TPSA) is 75.9 Å². The number of nitrogens with zero attached hydrogens (tertiary/aromatic N) is 2. The van der Waals surface area contributed by atoms with Gasteiger partial charge in [-0.1, -0.05) is 30.3 Å². The lowest BCUT2D eigenvalue weighted by Crippen LogP contribution is -2.53. The molecule has 176 valence electrons. The summed E-state index contributed by atoms with van der Waals surface area (Å²) < 4.78 is 5.69. The van der Waals surface area contributed by atoms with Gasteiger partial charge in [-0.05, 0) is 57.7 Å². The van der Waals surface area contributed by atoms with Gasteiger partial charge < -0.3 is 15.4 Å². The number of carbonyl (C=O) groups excluding carboxylic acids is 2. The van der Waals surface area contributed by atoms with Gasteiger partial charge in [0.15, 0.2) is 0 Å². The summed E-state index contributed by atoms with van der Waals surface area (Å²) in [6.45, 7) is 7.28. The maximum atomic E-state index is 13.2. The van der Waals surface area contributed by atoms with Crippen LogP contribution in [0.1, 0.15) is 56.3 Å². The van der Waals surface area contributed by atoms with Crippen LogP contribution in [-0.2, 0) is 9.53 Å². The van der Waals surface area contributed by atoms with E-state index in [-0.39, 0.29) is 22.9 Å². The van der Waals surface area contributed by atoms with Gasteiger partial charge in [-0.25, -0.2) is 0 Å². The Morgan fingerprint density at radius 2 is 1.88 bits per heavy atom. The zero-order valence-corrected chi connectivity index (χ0v) is 20.3. The molecular formula is C26H33N3O3S. The summed E-state index contributed by atoms with van der Waals surface area (Å²) in [4.78, 5) is 31.4. The second-order valence-corrected chi connectivity index (χ2v) is 11.5. The number of nitrogen functional groups attached to an aromatic ring is 1. The van der Waals surface area contributed by atoms with E-state index in [0.717, 1.165) is 68.7 Å². The van der Waals surface area contributed by atoms with Crippen molar-refractivity contribution in [3.8, 4) is 10.4 Å². The average molecular weight is 468 g/mol. The van der Waals surface area contributed by atoms with Crippen molar-refractivity contribution in [2.24, 2.45) is 5.41 Å². The number of nitrogens with two attached hydrogens (primary N) is 1. The molecule has 0 saturated carbocycles. The molecule has 1 spiro atoms. The highest BCUT2D eigenvalue weighted by Crippen LogP contribution is 2.46. The number of esters is 1. The normalized spacial score (nSPS) is 26.0. The molecule has 2 aromatic rings. The minimum Gasteiger partial charge on any atom is -0.459 e. The molecule has 0 bridgehead atoms. The smallest absolute Gasteiger partial charge is 0.314 e. The largest absolute Gasteiger partial charge is 0.459 e. The number of piperidine rings is 2. The first kappa shape index (κ1) is 22.4. The highest BCUT2D eigenvalue weighted by atomic mass is 32.1. The zero-order valence-electron chi connectivity index (χ0n) is 19.5. The van der Waals surface area contributed by atoms with Gasteiger partial charge in [0.05, 0.1) is 16.0 Å². The van der Waals surface area contributed by atoms with E-state index in [2.05, 4.69) is 4.90 Å². The summed E-state index contributed by atoms with van der Waals surface area (Å²) in [5.74, 6) is 0.00702. The Morgan fingerprint density at radius 3 is 2.55 bits per heavy atom. The molecule has 1 unspecified atom stereocenters. The van der Waals surface area contributed by atoms with Crippen LogP contribution in [0, 0.1) is 5.41 Å². The molecule has 5 rings (SSSR count). The molecule has 0 aliphatic carbocycles. The van der Waals surface area contributed by atoms with Crippen molar-refractivity contribution in [2.45, 2.75) is 57.6 Å². The van der Waals surface area contributed by atoms with Crippen molar-refractivity contribution in [1.82, 2.24) is 9.80 Å². The van der Waals surface area contributed by atoms with Crippen molar-refractivity contribution in [3.63, 3.8) is 0 Å². The Labute approximate surface area is 199 Å². The Morgan fingerprint density at radius 1 is 1.15 bits per heavy atom. The van der Waals surface area contributed by atoms with E-state index in [1.54, 1.807) is 0 Å². The number of hydrogen-bond donors (Lipinski definition) is 1. The van der Waals surface area contributed by atoms with Crippen LogP contribution < -0.4 is 5.73 Å². The van der Waals surface area contributed by atoms with E-state index in [0.29, 0.717) is 16.6 Å². The number of ether oxygens (including phenoxy) is 1. The van der Waals surface area contributed by atoms with Gasteiger partial charge in [0.1, 0.15) is 5.60 Å². The number of rotatable bonds is 3. The van der Waals surface area contributed by atoms with E-state index in [1.165, 1.54) is 11.3 Å². The lowest BCUT2D eigenvalue weighted by atomic mass is 9.74. The van der Waals surface area contributed by atoms with Crippen molar-refractivity contribution in [3.05, 3.63) is 42.0 Å². The molecule has 1 aromatic heterocycles. The highest BCUT2D eigenvalue weighted by Gasteiger charge is 2.54. The molecule has 6 nitrogen and oxygen atoms in total. The van der Waals surface area contributed by atoms with Crippen molar-refractivity contribution >= 4 is 28.2 Å². The Hall–Kier alpha value is -2.38. The van der Waals surface area contributed by atoms with Gasteiger partial charge in [-0.3, -0.25) is 14.5 Å². The maximum absolute atomic E-state index is 13.2. The number of carbonyl (C=O) groups is 2. The Balaban J connectivity index is 1.22. The van der Waals surface area contributed by atoms with Crippen LogP contribution in [0.2, 0.25) is 0 Å².